The van der Waals surface area contributed by atoms with Gasteiger partial charge in [0.15, 0.2) is 0 Å². The van der Waals surface area contributed by atoms with Crippen LogP contribution in [0.3, 0.4) is 0 Å². The lowest BCUT2D eigenvalue weighted by atomic mass is 9.95. The van der Waals surface area contributed by atoms with Crippen molar-refractivity contribution in [1.82, 2.24) is 0 Å². The minimum Gasteiger partial charge on any atom is -0.397 e. The molecule has 3 rings (SSSR count). The SMILES string of the molecule is Nc1cc2c3c(cccc3c1N)C(=O)OC2=O. The number of hydrogen-bond acceptors (Lipinski definition) is 5. The van der Waals surface area contributed by atoms with Crippen molar-refractivity contribution in [2.24, 2.45) is 0 Å². The Morgan fingerprint density at radius 2 is 1.71 bits per heavy atom. The van der Waals surface area contributed by atoms with Gasteiger partial charge in [-0.3, -0.25) is 0 Å². The number of rotatable bonds is 0. The largest absolute Gasteiger partial charge is 0.397 e. The number of carbonyl (C=O) groups is 2. The molecule has 0 fully saturated rings. The van der Waals surface area contributed by atoms with Crippen LogP contribution in [0.1, 0.15) is 20.7 Å². The second-order valence-corrected chi connectivity index (χ2v) is 3.83. The van der Waals surface area contributed by atoms with E-state index in [1.54, 1.807) is 18.2 Å². The van der Waals surface area contributed by atoms with E-state index in [4.69, 9.17) is 11.5 Å². The van der Waals surface area contributed by atoms with E-state index in [0.29, 0.717) is 27.7 Å². The van der Waals surface area contributed by atoms with Gasteiger partial charge in [0.05, 0.1) is 22.5 Å². The van der Waals surface area contributed by atoms with Crippen molar-refractivity contribution < 1.29 is 14.3 Å². The first-order chi connectivity index (χ1) is 8.09. The van der Waals surface area contributed by atoms with Gasteiger partial charge in [0.1, 0.15) is 0 Å². The summed E-state index contributed by atoms with van der Waals surface area (Å²) in [4.78, 5) is 23.2. The Morgan fingerprint density at radius 3 is 2.47 bits per heavy atom. The number of hydrogen-bond donors (Lipinski definition) is 2. The third kappa shape index (κ3) is 1.13. The van der Waals surface area contributed by atoms with Crippen molar-refractivity contribution in [3.05, 3.63) is 35.4 Å². The molecular formula is C12H8N2O3. The van der Waals surface area contributed by atoms with Gasteiger partial charge in [-0.1, -0.05) is 12.1 Å². The number of nitrogens with two attached hydrogens (primary N) is 2. The van der Waals surface area contributed by atoms with E-state index in [1.165, 1.54) is 6.07 Å². The predicted molar refractivity (Wildman–Crippen MR) is 62.5 cm³/mol. The van der Waals surface area contributed by atoms with Gasteiger partial charge >= 0.3 is 11.9 Å². The van der Waals surface area contributed by atoms with Crippen molar-refractivity contribution >= 4 is 34.1 Å². The van der Waals surface area contributed by atoms with Crippen LogP contribution in [-0.2, 0) is 4.74 Å². The number of anilines is 2. The van der Waals surface area contributed by atoms with Crippen LogP contribution in [-0.4, -0.2) is 11.9 Å². The molecule has 1 aliphatic heterocycles. The van der Waals surface area contributed by atoms with Crippen LogP contribution in [0.25, 0.3) is 10.8 Å². The van der Waals surface area contributed by atoms with Crippen molar-refractivity contribution in [2.75, 3.05) is 11.5 Å². The topological polar surface area (TPSA) is 95.4 Å². The maximum absolute atomic E-state index is 11.6. The zero-order valence-electron chi connectivity index (χ0n) is 8.69. The Kier molecular flexibility index (Phi) is 1.69. The van der Waals surface area contributed by atoms with Crippen LogP contribution in [0.5, 0.6) is 0 Å². The molecule has 0 spiro atoms. The summed E-state index contributed by atoms with van der Waals surface area (Å²) >= 11 is 0. The van der Waals surface area contributed by atoms with Crippen LogP contribution >= 0.6 is 0 Å². The molecule has 0 saturated carbocycles. The highest BCUT2D eigenvalue weighted by Crippen LogP contribution is 2.35. The third-order valence-corrected chi connectivity index (χ3v) is 2.86. The average Bonchev–Trinajstić information content (AvgIpc) is 2.31. The molecule has 17 heavy (non-hydrogen) atoms. The van der Waals surface area contributed by atoms with E-state index in [1.807, 2.05) is 0 Å². The minimum atomic E-state index is -0.689. The maximum atomic E-state index is 11.6. The molecule has 1 aliphatic rings. The number of esters is 2. The van der Waals surface area contributed by atoms with Crippen LogP contribution in [0.2, 0.25) is 0 Å². The zero-order chi connectivity index (χ0) is 12.2. The zero-order valence-corrected chi connectivity index (χ0v) is 8.69. The monoisotopic (exact) mass is 228 g/mol. The summed E-state index contributed by atoms with van der Waals surface area (Å²) in [5, 5.41) is 1.11. The Hall–Kier alpha value is -2.56. The lowest BCUT2D eigenvalue weighted by molar-refractivity contribution is 0.0391. The highest BCUT2D eigenvalue weighted by Gasteiger charge is 2.28. The highest BCUT2D eigenvalue weighted by atomic mass is 16.6. The molecule has 0 amide bonds. The normalized spacial score (nSPS) is 13.9. The third-order valence-electron chi connectivity index (χ3n) is 2.86. The molecule has 0 aliphatic carbocycles. The highest BCUT2D eigenvalue weighted by molar-refractivity contribution is 6.23. The summed E-state index contributed by atoms with van der Waals surface area (Å²) in [7, 11) is 0. The second kappa shape index (κ2) is 2.98. The second-order valence-electron chi connectivity index (χ2n) is 3.83. The minimum absolute atomic E-state index is 0.280. The number of cyclic esters (lactones) is 2. The first-order valence-corrected chi connectivity index (χ1v) is 4.97. The Morgan fingerprint density at radius 1 is 1.00 bits per heavy atom. The van der Waals surface area contributed by atoms with Gasteiger partial charge in [0, 0.05) is 10.8 Å². The summed E-state index contributed by atoms with van der Waals surface area (Å²) in [5.41, 5.74) is 12.8. The number of carbonyl (C=O) groups excluding carboxylic acids is 2. The summed E-state index contributed by atoms with van der Waals surface area (Å²) in [5.74, 6) is -1.34. The van der Waals surface area contributed by atoms with Crippen LogP contribution in [0, 0.1) is 0 Å². The van der Waals surface area contributed by atoms with E-state index in [-0.39, 0.29) is 5.56 Å². The van der Waals surface area contributed by atoms with E-state index < -0.39 is 11.9 Å². The van der Waals surface area contributed by atoms with E-state index in [0.717, 1.165) is 0 Å². The number of benzene rings is 2. The summed E-state index contributed by atoms with van der Waals surface area (Å²) in [6, 6.07) is 6.43. The van der Waals surface area contributed by atoms with Crippen molar-refractivity contribution in [1.29, 1.82) is 0 Å². The summed E-state index contributed by atoms with van der Waals surface area (Å²) in [6.07, 6.45) is 0. The van der Waals surface area contributed by atoms with Gasteiger partial charge < -0.3 is 16.2 Å². The Balaban J connectivity index is 2.59. The van der Waals surface area contributed by atoms with Gasteiger partial charge in [0.25, 0.3) is 0 Å². The van der Waals surface area contributed by atoms with Crippen molar-refractivity contribution in [2.45, 2.75) is 0 Å². The molecule has 1 heterocycles. The molecule has 0 saturated heterocycles. The molecule has 0 atom stereocenters. The van der Waals surface area contributed by atoms with Crippen LogP contribution in [0.4, 0.5) is 11.4 Å². The lowest BCUT2D eigenvalue weighted by Crippen LogP contribution is -2.20. The fourth-order valence-corrected chi connectivity index (χ4v) is 2.05. The van der Waals surface area contributed by atoms with E-state index in [9.17, 15) is 9.59 Å². The fraction of sp³-hybridized carbons (Fsp3) is 0. The van der Waals surface area contributed by atoms with Gasteiger partial charge in [-0.2, -0.15) is 0 Å². The number of ether oxygens (including phenoxy) is 1. The smallest absolute Gasteiger partial charge is 0.346 e. The molecule has 0 radical (unpaired) electrons. The predicted octanol–water partition coefficient (Wildman–Crippen LogP) is 1.31. The maximum Gasteiger partial charge on any atom is 0.346 e. The van der Waals surface area contributed by atoms with Gasteiger partial charge in [-0.05, 0) is 12.1 Å². The van der Waals surface area contributed by atoms with Crippen molar-refractivity contribution in [3.8, 4) is 0 Å². The molecule has 5 nitrogen and oxygen atoms in total. The van der Waals surface area contributed by atoms with Crippen LogP contribution in [0.15, 0.2) is 24.3 Å². The van der Waals surface area contributed by atoms with E-state index in [2.05, 4.69) is 4.74 Å². The quantitative estimate of drug-likeness (QED) is 0.402. The molecule has 2 aromatic rings. The Bertz CT molecular complexity index is 692. The first-order valence-electron chi connectivity index (χ1n) is 4.97. The summed E-state index contributed by atoms with van der Waals surface area (Å²) in [6.45, 7) is 0. The molecule has 5 heteroatoms. The Labute approximate surface area is 96.0 Å². The molecule has 0 aromatic heterocycles. The molecule has 2 aromatic carbocycles. The molecule has 0 unspecified atom stereocenters. The van der Waals surface area contributed by atoms with Gasteiger partial charge in [-0.15, -0.1) is 0 Å². The fourth-order valence-electron chi connectivity index (χ4n) is 2.05. The molecule has 84 valence electrons. The first kappa shape index (κ1) is 9.65. The molecule has 0 bridgehead atoms. The standard InChI is InChI=1S/C12H8N2O3/c13-8-4-7-9-5(10(8)14)2-1-3-6(9)11(15)17-12(7)16/h1-4H,13-14H2. The molecule has 4 N–H and O–H groups in total. The van der Waals surface area contributed by atoms with E-state index >= 15 is 0 Å². The summed E-state index contributed by atoms with van der Waals surface area (Å²) < 4.78 is 4.62. The van der Waals surface area contributed by atoms with Gasteiger partial charge in [0.2, 0.25) is 0 Å². The average molecular weight is 228 g/mol. The lowest BCUT2D eigenvalue weighted by Gasteiger charge is -2.17. The number of nitrogen functional groups attached to an aromatic ring is 2. The van der Waals surface area contributed by atoms with Crippen LogP contribution < -0.4 is 11.5 Å². The molecular weight excluding hydrogens is 220 g/mol. The van der Waals surface area contributed by atoms with Crippen molar-refractivity contribution in [3.63, 3.8) is 0 Å². The van der Waals surface area contributed by atoms with Gasteiger partial charge in [-0.25, -0.2) is 9.59 Å².